The van der Waals surface area contributed by atoms with Gasteiger partial charge in [-0.3, -0.25) is 4.79 Å². The summed E-state index contributed by atoms with van der Waals surface area (Å²) in [5, 5.41) is 2.33. The smallest absolute Gasteiger partial charge is 0.240 e. The summed E-state index contributed by atoms with van der Waals surface area (Å²) in [6, 6.07) is 13.0. The van der Waals surface area contributed by atoms with Gasteiger partial charge in [-0.1, -0.05) is 17.7 Å². The van der Waals surface area contributed by atoms with Gasteiger partial charge in [-0.15, -0.1) is 22.7 Å². The number of carbonyl (C=O) groups excluding carboxylic acids is 1. The summed E-state index contributed by atoms with van der Waals surface area (Å²) in [4.78, 5) is 14.4. The Morgan fingerprint density at radius 2 is 1.79 bits per heavy atom. The lowest BCUT2D eigenvalue weighted by molar-refractivity contribution is 0.104. The standard InChI is InChI=1S/C16H12ClNO3S3/c17-11-3-6-13(7-4-11)24(20,21)18-10-12-5-8-15(23-12)16(19)14-2-1-9-22-14/h1-9,18H,10H2. The van der Waals surface area contributed by atoms with Crippen molar-refractivity contribution in [2.45, 2.75) is 11.4 Å². The topological polar surface area (TPSA) is 63.2 Å². The van der Waals surface area contributed by atoms with Gasteiger partial charge in [0.05, 0.1) is 14.6 Å². The molecular weight excluding hydrogens is 386 g/mol. The van der Waals surface area contributed by atoms with Crippen molar-refractivity contribution in [2.75, 3.05) is 0 Å². The maximum Gasteiger partial charge on any atom is 0.240 e. The number of hydrogen-bond donors (Lipinski definition) is 1. The predicted octanol–water partition coefficient (Wildman–Crippen LogP) is 4.17. The Morgan fingerprint density at radius 3 is 2.46 bits per heavy atom. The fraction of sp³-hybridized carbons (Fsp3) is 0.0625. The van der Waals surface area contributed by atoms with Crippen molar-refractivity contribution in [1.29, 1.82) is 0 Å². The van der Waals surface area contributed by atoms with Gasteiger partial charge in [0.2, 0.25) is 15.8 Å². The van der Waals surface area contributed by atoms with Gasteiger partial charge in [0.15, 0.2) is 0 Å². The van der Waals surface area contributed by atoms with Crippen LogP contribution in [-0.4, -0.2) is 14.2 Å². The lowest BCUT2D eigenvalue weighted by Gasteiger charge is -2.05. The molecule has 0 bridgehead atoms. The Kier molecular flexibility index (Phi) is 5.17. The molecular formula is C16H12ClNO3S3. The first-order chi connectivity index (χ1) is 11.5. The molecule has 3 aromatic rings. The van der Waals surface area contributed by atoms with Crippen molar-refractivity contribution in [2.24, 2.45) is 0 Å². The van der Waals surface area contributed by atoms with Gasteiger partial charge in [0.1, 0.15) is 0 Å². The molecule has 0 saturated heterocycles. The number of sulfonamides is 1. The number of hydrogen-bond acceptors (Lipinski definition) is 5. The average Bonchev–Trinajstić information content (AvgIpc) is 3.25. The molecule has 0 aliphatic heterocycles. The van der Waals surface area contributed by atoms with E-state index in [1.54, 1.807) is 18.2 Å². The molecule has 0 fully saturated rings. The maximum absolute atomic E-state index is 12.2. The third-order valence-corrected chi connectivity index (χ3v) is 6.81. The molecule has 124 valence electrons. The van der Waals surface area contributed by atoms with E-state index in [-0.39, 0.29) is 17.2 Å². The van der Waals surface area contributed by atoms with Crippen LogP contribution in [0.25, 0.3) is 0 Å². The Labute approximate surface area is 152 Å². The average molecular weight is 398 g/mol. The number of halogens is 1. The van der Waals surface area contributed by atoms with E-state index < -0.39 is 10.0 Å². The van der Waals surface area contributed by atoms with Crippen molar-refractivity contribution < 1.29 is 13.2 Å². The lowest BCUT2D eigenvalue weighted by Crippen LogP contribution is -2.22. The second kappa shape index (κ2) is 7.16. The molecule has 0 unspecified atom stereocenters. The molecule has 0 amide bonds. The lowest BCUT2D eigenvalue weighted by atomic mass is 10.3. The Hall–Kier alpha value is -1.51. The zero-order valence-electron chi connectivity index (χ0n) is 12.2. The van der Waals surface area contributed by atoms with Crippen LogP contribution in [0.3, 0.4) is 0 Å². The zero-order chi connectivity index (χ0) is 17.2. The summed E-state index contributed by atoms with van der Waals surface area (Å²) in [6.07, 6.45) is 0. The fourth-order valence-corrected chi connectivity index (χ4v) is 4.86. The number of benzene rings is 1. The summed E-state index contributed by atoms with van der Waals surface area (Å²) >= 11 is 8.44. The number of rotatable bonds is 6. The van der Waals surface area contributed by atoms with Crippen molar-refractivity contribution >= 4 is 50.1 Å². The molecule has 0 aliphatic carbocycles. The van der Waals surface area contributed by atoms with Crippen LogP contribution in [0.4, 0.5) is 0 Å². The fourth-order valence-electron chi connectivity index (χ4n) is 1.99. The largest absolute Gasteiger partial charge is 0.287 e. The highest BCUT2D eigenvalue weighted by molar-refractivity contribution is 7.89. The predicted molar refractivity (Wildman–Crippen MR) is 97.5 cm³/mol. The molecule has 0 radical (unpaired) electrons. The van der Waals surface area contributed by atoms with E-state index in [0.29, 0.717) is 14.8 Å². The first-order valence-electron chi connectivity index (χ1n) is 6.88. The van der Waals surface area contributed by atoms with E-state index >= 15 is 0 Å². The highest BCUT2D eigenvalue weighted by Crippen LogP contribution is 2.23. The van der Waals surface area contributed by atoms with Crippen LogP contribution >= 0.6 is 34.3 Å². The first-order valence-corrected chi connectivity index (χ1v) is 10.4. The molecule has 0 atom stereocenters. The highest BCUT2D eigenvalue weighted by Gasteiger charge is 2.16. The van der Waals surface area contributed by atoms with Crippen LogP contribution in [0.2, 0.25) is 5.02 Å². The summed E-state index contributed by atoms with van der Waals surface area (Å²) in [5.41, 5.74) is 0. The van der Waals surface area contributed by atoms with E-state index in [2.05, 4.69) is 4.72 Å². The normalized spacial score (nSPS) is 11.5. The zero-order valence-corrected chi connectivity index (χ0v) is 15.4. The van der Waals surface area contributed by atoms with Crippen LogP contribution in [0.1, 0.15) is 19.4 Å². The van der Waals surface area contributed by atoms with Gasteiger partial charge >= 0.3 is 0 Å². The summed E-state index contributed by atoms with van der Waals surface area (Å²) in [6.45, 7) is 0.132. The van der Waals surface area contributed by atoms with E-state index in [0.717, 1.165) is 4.88 Å². The van der Waals surface area contributed by atoms with Gasteiger partial charge < -0.3 is 0 Å². The summed E-state index contributed by atoms with van der Waals surface area (Å²) < 4.78 is 27.0. The van der Waals surface area contributed by atoms with E-state index in [9.17, 15) is 13.2 Å². The van der Waals surface area contributed by atoms with Crippen LogP contribution in [0.5, 0.6) is 0 Å². The molecule has 4 nitrogen and oxygen atoms in total. The second-order valence-electron chi connectivity index (χ2n) is 4.85. The molecule has 3 rings (SSSR count). The molecule has 2 heterocycles. The minimum absolute atomic E-state index is 0.0400. The van der Waals surface area contributed by atoms with E-state index in [1.165, 1.54) is 46.9 Å². The third-order valence-electron chi connectivity index (χ3n) is 3.19. The third kappa shape index (κ3) is 3.93. The number of carbonyl (C=O) groups is 1. The van der Waals surface area contributed by atoms with Gasteiger partial charge in [0, 0.05) is 16.4 Å². The first kappa shape index (κ1) is 17.3. The molecule has 24 heavy (non-hydrogen) atoms. The SMILES string of the molecule is O=C(c1cccs1)c1ccc(CNS(=O)(=O)c2ccc(Cl)cc2)s1. The monoisotopic (exact) mass is 397 g/mol. The highest BCUT2D eigenvalue weighted by atomic mass is 35.5. The molecule has 1 N–H and O–H groups in total. The number of ketones is 1. The van der Waals surface area contributed by atoms with Gasteiger partial charge in [-0.2, -0.15) is 0 Å². The molecule has 1 aromatic carbocycles. The summed E-state index contributed by atoms with van der Waals surface area (Å²) in [7, 11) is -3.61. The van der Waals surface area contributed by atoms with E-state index in [1.807, 2.05) is 11.4 Å². The van der Waals surface area contributed by atoms with Crippen molar-refractivity contribution in [3.63, 3.8) is 0 Å². The number of thiophene rings is 2. The van der Waals surface area contributed by atoms with Gasteiger partial charge in [-0.25, -0.2) is 13.1 Å². The Morgan fingerprint density at radius 1 is 1.04 bits per heavy atom. The van der Waals surface area contributed by atoms with Crippen molar-refractivity contribution in [1.82, 2.24) is 4.72 Å². The molecule has 2 aromatic heterocycles. The van der Waals surface area contributed by atoms with Crippen LogP contribution in [0, 0.1) is 0 Å². The minimum atomic E-state index is -3.61. The molecule has 8 heteroatoms. The van der Waals surface area contributed by atoms with E-state index in [4.69, 9.17) is 11.6 Å². The molecule has 0 aliphatic rings. The second-order valence-corrected chi connectivity index (χ2v) is 9.17. The summed E-state index contributed by atoms with van der Waals surface area (Å²) in [5.74, 6) is -0.0400. The molecule has 0 spiro atoms. The Bertz CT molecular complexity index is 945. The molecule has 0 saturated carbocycles. The van der Waals surface area contributed by atoms with Gasteiger partial charge in [0.25, 0.3) is 0 Å². The van der Waals surface area contributed by atoms with Crippen LogP contribution in [-0.2, 0) is 16.6 Å². The van der Waals surface area contributed by atoms with Crippen molar-refractivity contribution in [3.05, 3.63) is 73.6 Å². The maximum atomic E-state index is 12.2. The van der Waals surface area contributed by atoms with Crippen LogP contribution < -0.4 is 4.72 Å². The van der Waals surface area contributed by atoms with Gasteiger partial charge in [-0.05, 0) is 47.8 Å². The number of nitrogens with one attached hydrogen (secondary N) is 1. The minimum Gasteiger partial charge on any atom is -0.287 e. The quantitative estimate of drug-likeness (QED) is 0.635. The Balaban J connectivity index is 1.69. The van der Waals surface area contributed by atoms with Crippen molar-refractivity contribution in [3.8, 4) is 0 Å². The van der Waals surface area contributed by atoms with Crippen LogP contribution in [0.15, 0.2) is 58.8 Å².